The SMILES string of the molecule is CC[C@@H](C)Oc1cc2c(cc1OCC(=O)NC)CC(=O)N(c1ccc(OC)cc1)C2c1ccc(Cl)cc1. The standard InChI is InChI=1S/C29H31ClN2O5/c1-5-18(2)37-26-16-24-20(14-25(26)36-17-27(33)31-3)15-28(34)32(22-10-12-23(35-4)13-11-22)29(24)19-6-8-21(30)9-7-19/h6-14,16,18,29H,5,15,17H2,1-4H3,(H,31,33)/t18-,29?/m1/s1. The first-order valence-corrected chi connectivity index (χ1v) is 12.6. The number of rotatable bonds is 9. The van der Waals surface area contributed by atoms with Crippen molar-refractivity contribution in [2.24, 2.45) is 0 Å². The second-order valence-electron chi connectivity index (χ2n) is 8.89. The molecule has 194 valence electrons. The third-order valence-corrected chi connectivity index (χ3v) is 6.70. The Balaban J connectivity index is 1.86. The maximum Gasteiger partial charge on any atom is 0.257 e. The molecular weight excluding hydrogens is 492 g/mol. The smallest absolute Gasteiger partial charge is 0.257 e. The summed E-state index contributed by atoms with van der Waals surface area (Å²) < 4.78 is 17.4. The highest BCUT2D eigenvalue weighted by Gasteiger charge is 2.36. The van der Waals surface area contributed by atoms with E-state index in [9.17, 15) is 9.59 Å². The molecule has 2 amide bonds. The second kappa shape index (κ2) is 11.6. The minimum atomic E-state index is -0.422. The van der Waals surface area contributed by atoms with E-state index in [0.717, 1.165) is 28.8 Å². The van der Waals surface area contributed by atoms with E-state index in [0.29, 0.717) is 22.3 Å². The maximum absolute atomic E-state index is 13.6. The predicted octanol–water partition coefficient (Wildman–Crippen LogP) is 5.33. The number of benzene rings is 3. The average Bonchev–Trinajstić information content (AvgIpc) is 2.91. The molecule has 0 aromatic heterocycles. The zero-order chi connectivity index (χ0) is 26.5. The van der Waals surface area contributed by atoms with Gasteiger partial charge in [-0.05, 0) is 78.6 Å². The van der Waals surface area contributed by atoms with Gasteiger partial charge < -0.3 is 24.4 Å². The summed E-state index contributed by atoms with van der Waals surface area (Å²) >= 11 is 6.19. The molecule has 8 heteroatoms. The van der Waals surface area contributed by atoms with Crippen LogP contribution < -0.4 is 24.4 Å². The summed E-state index contributed by atoms with van der Waals surface area (Å²) in [7, 11) is 3.16. The third kappa shape index (κ3) is 5.83. The molecule has 1 unspecified atom stereocenters. The van der Waals surface area contributed by atoms with Gasteiger partial charge in [-0.25, -0.2) is 0 Å². The molecule has 0 bridgehead atoms. The molecule has 0 saturated heterocycles. The van der Waals surface area contributed by atoms with E-state index in [1.807, 2.05) is 74.5 Å². The van der Waals surface area contributed by atoms with Crippen molar-refractivity contribution in [2.45, 2.75) is 38.8 Å². The molecule has 0 fully saturated rings. The first kappa shape index (κ1) is 26.4. The lowest BCUT2D eigenvalue weighted by atomic mass is 9.86. The van der Waals surface area contributed by atoms with E-state index >= 15 is 0 Å². The molecule has 3 aromatic rings. The molecule has 1 aliphatic heterocycles. The summed E-state index contributed by atoms with van der Waals surface area (Å²) in [5.41, 5.74) is 3.39. The zero-order valence-corrected chi connectivity index (χ0v) is 22.2. The van der Waals surface area contributed by atoms with Gasteiger partial charge in [0.25, 0.3) is 5.91 Å². The predicted molar refractivity (Wildman–Crippen MR) is 144 cm³/mol. The number of carbonyl (C=O) groups excluding carboxylic acids is 2. The number of nitrogens with one attached hydrogen (secondary N) is 1. The van der Waals surface area contributed by atoms with Gasteiger partial charge in [-0.15, -0.1) is 0 Å². The normalized spacial score (nSPS) is 15.5. The largest absolute Gasteiger partial charge is 0.497 e. The van der Waals surface area contributed by atoms with E-state index in [-0.39, 0.29) is 30.9 Å². The first-order valence-electron chi connectivity index (χ1n) is 12.2. The van der Waals surface area contributed by atoms with Gasteiger partial charge in [0.05, 0.1) is 25.7 Å². The van der Waals surface area contributed by atoms with Crippen LogP contribution in [0.2, 0.25) is 5.02 Å². The van der Waals surface area contributed by atoms with Crippen molar-refractivity contribution in [2.75, 3.05) is 25.7 Å². The molecule has 1 heterocycles. The summed E-state index contributed by atoms with van der Waals surface area (Å²) in [6.45, 7) is 3.86. The summed E-state index contributed by atoms with van der Waals surface area (Å²) in [5.74, 6) is 1.35. The van der Waals surface area contributed by atoms with Crippen LogP contribution >= 0.6 is 11.6 Å². The van der Waals surface area contributed by atoms with Crippen molar-refractivity contribution < 1.29 is 23.8 Å². The van der Waals surface area contributed by atoms with Gasteiger partial charge in [-0.1, -0.05) is 30.7 Å². The number of halogens is 1. The molecular formula is C29H31ClN2O5. The summed E-state index contributed by atoms with van der Waals surface area (Å²) in [4.78, 5) is 27.3. The quantitative estimate of drug-likeness (QED) is 0.411. The van der Waals surface area contributed by atoms with Gasteiger partial charge in [-0.3, -0.25) is 9.59 Å². The van der Waals surface area contributed by atoms with E-state index < -0.39 is 6.04 Å². The van der Waals surface area contributed by atoms with Gasteiger partial charge in [0.15, 0.2) is 18.1 Å². The minimum absolute atomic E-state index is 0.0644. The molecule has 3 aromatic carbocycles. The van der Waals surface area contributed by atoms with E-state index in [2.05, 4.69) is 5.32 Å². The number of fused-ring (bicyclic) bond motifs is 1. The molecule has 0 aliphatic carbocycles. The van der Waals surface area contributed by atoms with Crippen LogP contribution in [0.5, 0.6) is 17.2 Å². The minimum Gasteiger partial charge on any atom is -0.497 e. The van der Waals surface area contributed by atoms with E-state index in [1.54, 1.807) is 19.1 Å². The number of ether oxygens (including phenoxy) is 3. The summed E-state index contributed by atoms with van der Waals surface area (Å²) in [6.07, 6.45) is 0.895. The van der Waals surface area contributed by atoms with Crippen LogP contribution in [-0.4, -0.2) is 38.7 Å². The van der Waals surface area contributed by atoms with E-state index in [4.69, 9.17) is 25.8 Å². The molecule has 0 radical (unpaired) electrons. The lowest BCUT2D eigenvalue weighted by Crippen LogP contribution is -2.41. The topological polar surface area (TPSA) is 77.1 Å². The number of amides is 2. The molecule has 2 atom stereocenters. The highest BCUT2D eigenvalue weighted by Crippen LogP contribution is 2.44. The third-order valence-electron chi connectivity index (χ3n) is 6.45. The monoisotopic (exact) mass is 522 g/mol. The number of carbonyl (C=O) groups is 2. The van der Waals surface area contributed by atoms with Crippen LogP contribution in [0.25, 0.3) is 0 Å². The zero-order valence-electron chi connectivity index (χ0n) is 21.4. The van der Waals surface area contributed by atoms with Crippen LogP contribution in [0.4, 0.5) is 5.69 Å². The van der Waals surface area contributed by atoms with Crippen molar-refractivity contribution in [1.82, 2.24) is 5.32 Å². The first-order chi connectivity index (χ1) is 17.8. The Labute approximate surface area is 222 Å². The van der Waals surface area contributed by atoms with Gasteiger partial charge in [0, 0.05) is 17.8 Å². The molecule has 0 saturated carbocycles. The van der Waals surface area contributed by atoms with Crippen molar-refractivity contribution in [1.29, 1.82) is 0 Å². The Hall–Kier alpha value is -3.71. The Bertz CT molecular complexity index is 1260. The fraction of sp³-hybridized carbons (Fsp3) is 0.310. The van der Waals surface area contributed by atoms with Crippen molar-refractivity contribution >= 4 is 29.1 Å². The molecule has 0 spiro atoms. The second-order valence-corrected chi connectivity index (χ2v) is 9.33. The number of nitrogens with zero attached hydrogens (tertiary/aromatic N) is 1. The van der Waals surface area contributed by atoms with Crippen LogP contribution in [0.1, 0.15) is 43.0 Å². The van der Waals surface area contributed by atoms with Crippen molar-refractivity contribution in [3.8, 4) is 17.2 Å². The molecule has 1 N–H and O–H groups in total. The number of anilines is 1. The Kier molecular flexibility index (Phi) is 8.24. The Morgan fingerprint density at radius 2 is 1.81 bits per heavy atom. The van der Waals surface area contributed by atoms with Crippen LogP contribution in [0.3, 0.4) is 0 Å². The fourth-order valence-electron chi connectivity index (χ4n) is 4.29. The van der Waals surface area contributed by atoms with Crippen molar-refractivity contribution in [3.05, 3.63) is 82.4 Å². The van der Waals surface area contributed by atoms with Gasteiger partial charge in [-0.2, -0.15) is 0 Å². The fourth-order valence-corrected chi connectivity index (χ4v) is 4.41. The van der Waals surface area contributed by atoms with Gasteiger partial charge >= 0.3 is 0 Å². The molecule has 1 aliphatic rings. The number of hydrogen-bond donors (Lipinski definition) is 1. The number of methoxy groups -OCH3 is 1. The van der Waals surface area contributed by atoms with Gasteiger partial charge in [0.2, 0.25) is 5.91 Å². The molecule has 37 heavy (non-hydrogen) atoms. The molecule has 4 rings (SSSR count). The lowest BCUT2D eigenvalue weighted by molar-refractivity contribution is -0.122. The highest BCUT2D eigenvalue weighted by molar-refractivity contribution is 6.30. The summed E-state index contributed by atoms with van der Waals surface area (Å²) in [5, 5.41) is 3.17. The van der Waals surface area contributed by atoms with E-state index in [1.165, 1.54) is 0 Å². The Morgan fingerprint density at radius 1 is 1.11 bits per heavy atom. The van der Waals surface area contributed by atoms with Crippen LogP contribution in [0.15, 0.2) is 60.7 Å². The average molecular weight is 523 g/mol. The van der Waals surface area contributed by atoms with Gasteiger partial charge in [0.1, 0.15) is 5.75 Å². The van der Waals surface area contributed by atoms with Crippen LogP contribution in [0, 0.1) is 0 Å². The molecule has 7 nitrogen and oxygen atoms in total. The number of hydrogen-bond acceptors (Lipinski definition) is 5. The highest BCUT2D eigenvalue weighted by atomic mass is 35.5. The Morgan fingerprint density at radius 3 is 2.43 bits per heavy atom. The number of likely N-dealkylation sites (N-methyl/N-ethyl adjacent to an activating group) is 1. The summed E-state index contributed by atoms with van der Waals surface area (Å²) in [6, 6.07) is 18.3. The lowest BCUT2D eigenvalue weighted by Gasteiger charge is -2.38. The van der Waals surface area contributed by atoms with Crippen LogP contribution in [-0.2, 0) is 16.0 Å². The maximum atomic E-state index is 13.6. The van der Waals surface area contributed by atoms with Crippen molar-refractivity contribution in [3.63, 3.8) is 0 Å².